The molecular weight excluding hydrogens is 278 g/mol. The van der Waals surface area contributed by atoms with Crippen LogP contribution >= 0.6 is 0 Å². The van der Waals surface area contributed by atoms with E-state index >= 15 is 0 Å². The number of carbonyl (C=O) groups excluding carboxylic acids is 1. The predicted molar refractivity (Wildman–Crippen MR) is 87.0 cm³/mol. The number of ether oxygens (including phenoxy) is 1. The van der Waals surface area contributed by atoms with E-state index < -0.39 is 0 Å². The van der Waals surface area contributed by atoms with Crippen LogP contribution in [-0.4, -0.2) is 56.7 Å². The van der Waals surface area contributed by atoms with Crippen molar-refractivity contribution < 1.29 is 9.53 Å². The number of hydrogen-bond acceptors (Lipinski definition) is 5. The van der Waals surface area contributed by atoms with E-state index in [1.54, 1.807) is 7.11 Å². The summed E-state index contributed by atoms with van der Waals surface area (Å²) in [5.74, 6) is 0. The molecule has 1 N–H and O–H groups in total. The van der Waals surface area contributed by atoms with E-state index in [-0.39, 0.29) is 6.17 Å². The highest BCUT2D eigenvalue weighted by molar-refractivity contribution is 5.69. The van der Waals surface area contributed by atoms with Crippen molar-refractivity contribution in [2.24, 2.45) is 0 Å². The van der Waals surface area contributed by atoms with E-state index in [2.05, 4.69) is 33.3 Å². The number of para-hydroxylation sites is 1. The standard InChI is InChI=1S/C17H25N3O2/c1-22-11-10-19-16-5-3-2-4-14(16)12-20(17(19)13-21)15-6-8-18-9-7-15/h2-5,13,15,17-18H,6-12H2,1H3. The molecule has 0 aromatic heterocycles. The molecule has 2 aliphatic rings. The molecule has 3 rings (SSSR count). The lowest BCUT2D eigenvalue weighted by atomic mass is 9.99. The molecule has 22 heavy (non-hydrogen) atoms. The second-order valence-electron chi connectivity index (χ2n) is 6.02. The van der Waals surface area contributed by atoms with E-state index in [0.29, 0.717) is 12.6 Å². The molecule has 5 nitrogen and oxygen atoms in total. The third-order valence-corrected chi connectivity index (χ3v) is 4.75. The minimum absolute atomic E-state index is 0.187. The maximum absolute atomic E-state index is 11.9. The van der Waals surface area contributed by atoms with E-state index in [1.807, 2.05) is 6.07 Å². The molecule has 1 fully saturated rings. The zero-order chi connectivity index (χ0) is 15.4. The number of anilines is 1. The van der Waals surface area contributed by atoms with Gasteiger partial charge >= 0.3 is 0 Å². The Morgan fingerprint density at radius 1 is 1.32 bits per heavy atom. The summed E-state index contributed by atoms with van der Waals surface area (Å²) in [6.07, 6.45) is 3.11. The zero-order valence-electron chi connectivity index (χ0n) is 13.2. The molecule has 2 aliphatic heterocycles. The Morgan fingerprint density at radius 3 is 2.82 bits per heavy atom. The Bertz CT molecular complexity index is 502. The van der Waals surface area contributed by atoms with Gasteiger partial charge in [0.1, 0.15) is 6.17 Å². The van der Waals surface area contributed by atoms with Crippen molar-refractivity contribution in [3.63, 3.8) is 0 Å². The molecule has 2 heterocycles. The first-order valence-electron chi connectivity index (χ1n) is 8.10. The lowest BCUT2D eigenvalue weighted by Gasteiger charge is -2.47. The molecule has 0 radical (unpaired) electrons. The van der Waals surface area contributed by atoms with Crippen molar-refractivity contribution in [1.82, 2.24) is 10.2 Å². The summed E-state index contributed by atoms with van der Waals surface area (Å²) in [6, 6.07) is 8.87. The van der Waals surface area contributed by atoms with Gasteiger partial charge in [0.15, 0.2) is 6.29 Å². The Hall–Kier alpha value is -1.43. The number of aldehydes is 1. The monoisotopic (exact) mass is 303 g/mol. The second-order valence-corrected chi connectivity index (χ2v) is 6.02. The molecule has 0 spiro atoms. The van der Waals surface area contributed by atoms with Crippen molar-refractivity contribution in [2.75, 3.05) is 38.3 Å². The zero-order valence-corrected chi connectivity index (χ0v) is 13.2. The van der Waals surface area contributed by atoms with Crippen molar-refractivity contribution in [3.05, 3.63) is 29.8 Å². The van der Waals surface area contributed by atoms with E-state index in [0.717, 1.165) is 45.3 Å². The molecule has 1 aromatic carbocycles. The average Bonchev–Trinajstić information content (AvgIpc) is 2.59. The highest BCUT2D eigenvalue weighted by atomic mass is 16.5. The van der Waals surface area contributed by atoms with E-state index in [1.165, 1.54) is 11.3 Å². The third-order valence-electron chi connectivity index (χ3n) is 4.75. The van der Waals surface area contributed by atoms with Gasteiger partial charge < -0.3 is 15.0 Å². The van der Waals surface area contributed by atoms with Crippen LogP contribution in [-0.2, 0) is 16.1 Å². The van der Waals surface area contributed by atoms with Crippen molar-refractivity contribution >= 4 is 12.0 Å². The van der Waals surface area contributed by atoms with Crippen LogP contribution in [0, 0.1) is 0 Å². The number of nitrogens with one attached hydrogen (secondary N) is 1. The van der Waals surface area contributed by atoms with Crippen molar-refractivity contribution in [1.29, 1.82) is 0 Å². The van der Waals surface area contributed by atoms with Gasteiger partial charge in [-0.3, -0.25) is 9.69 Å². The lowest BCUT2D eigenvalue weighted by molar-refractivity contribution is -0.114. The number of hydrogen-bond donors (Lipinski definition) is 1. The maximum Gasteiger partial charge on any atom is 0.157 e. The molecule has 1 aromatic rings. The number of methoxy groups -OCH3 is 1. The summed E-state index contributed by atoms with van der Waals surface area (Å²) in [5.41, 5.74) is 2.47. The third kappa shape index (κ3) is 3.02. The highest BCUT2D eigenvalue weighted by Crippen LogP contribution is 2.32. The second kappa shape index (κ2) is 7.22. The number of rotatable bonds is 5. The number of benzene rings is 1. The SMILES string of the molecule is COCCN1c2ccccc2CN(C2CCNCC2)C1C=O. The fourth-order valence-corrected chi connectivity index (χ4v) is 3.61. The Morgan fingerprint density at radius 2 is 2.09 bits per heavy atom. The van der Waals surface area contributed by atoms with E-state index in [9.17, 15) is 4.79 Å². The van der Waals surface area contributed by atoms with Crippen LogP contribution in [0.15, 0.2) is 24.3 Å². The first-order valence-corrected chi connectivity index (χ1v) is 8.10. The molecule has 0 bridgehead atoms. The summed E-state index contributed by atoms with van der Waals surface area (Å²) in [5, 5.41) is 3.40. The smallest absolute Gasteiger partial charge is 0.157 e. The highest BCUT2D eigenvalue weighted by Gasteiger charge is 2.36. The summed E-state index contributed by atoms with van der Waals surface area (Å²) >= 11 is 0. The van der Waals surface area contributed by atoms with Crippen LogP contribution in [0.25, 0.3) is 0 Å². The van der Waals surface area contributed by atoms with E-state index in [4.69, 9.17) is 4.74 Å². The van der Waals surface area contributed by atoms with Gasteiger partial charge in [-0.05, 0) is 37.6 Å². The van der Waals surface area contributed by atoms with Crippen LogP contribution in [0.4, 0.5) is 5.69 Å². The van der Waals surface area contributed by atoms with Gasteiger partial charge in [0.25, 0.3) is 0 Å². The molecule has 0 amide bonds. The van der Waals surface area contributed by atoms with Gasteiger partial charge in [-0.1, -0.05) is 18.2 Å². The minimum atomic E-state index is -0.187. The normalized spacial score (nSPS) is 23.3. The molecule has 1 atom stereocenters. The molecule has 1 unspecified atom stereocenters. The maximum atomic E-state index is 11.9. The minimum Gasteiger partial charge on any atom is -0.383 e. The Labute approximate surface area is 132 Å². The van der Waals surface area contributed by atoms with Gasteiger partial charge in [-0.2, -0.15) is 0 Å². The quantitative estimate of drug-likeness (QED) is 0.829. The van der Waals surface area contributed by atoms with Gasteiger partial charge in [0, 0.05) is 31.9 Å². The summed E-state index contributed by atoms with van der Waals surface area (Å²) < 4.78 is 5.25. The number of fused-ring (bicyclic) bond motifs is 1. The summed E-state index contributed by atoms with van der Waals surface area (Å²) in [7, 11) is 1.70. The molecular formula is C17H25N3O2. The van der Waals surface area contributed by atoms with Crippen LogP contribution in [0.3, 0.4) is 0 Å². The molecule has 0 aliphatic carbocycles. The first kappa shape index (κ1) is 15.5. The van der Waals surface area contributed by atoms with Gasteiger partial charge in [-0.15, -0.1) is 0 Å². The molecule has 5 heteroatoms. The predicted octanol–water partition coefficient (Wildman–Crippen LogP) is 1.23. The molecule has 120 valence electrons. The number of nitrogens with zero attached hydrogens (tertiary/aromatic N) is 2. The van der Waals surface area contributed by atoms with Crippen molar-refractivity contribution in [3.8, 4) is 0 Å². The fourth-order valence-electron chi connectivity index (χ4n) is 3.61. The number of piperidine rings is 1. The topological polar surface area (TPSA) is 44.8 Å². The van der Waals surface area contributed by atoms with Crippen LogP contribution in [0.1, 0.15) is 18.4 Å². The van der Waals surface area contributed by atoms with Gasteiger partial charge in [0.05, 0.1) is 6.61 Å². The first-order chi connectivity index (χ1) is 10.8. The molecule has 1 saturated heterocycles. The Balaban J connectivity index is 1.90. The fraction of sp³-hybridized carbons (Fsp3) is 0.588. The van der Waals surface area contributed by atoms with Gasteiger partial charge in [-0.25, -0.2) is 0 Å². The summed E-state index contributed by atoms with van der Waals surface area (Å²) in [4.78, 5) is 16.4. The summed E-state index contributed by atoms with van der Waals surface area (Å²) in [6.45, 7) is 4.28. The number of carbonyl (C=O) groups is 1. The molecule has 0 saturated carbocycles. The van der Waals surface area contributed by atoms with Crippen molar-refractivity contribution in [2.45, 2.75) is 31.6 Å². The van der Waals surface area contributed by atoms with Crippen LogP contribution < -0.4 is 10.2 Å². The Kier molecular flexibility index (Phi) is 5.08. The average molecular weight is 303 g/mol. The van der Waals surface area contributed by atoms with Crippen LogP contribution in [0.5, 0.6) is 0 Å². The van der Waals surface area contributed by atoms with Crippen LogP contribution in [0.2, 0.25) is 0 Å². The van der Waals surface area contributed by atoms with Gasteiger partial charge in [0.2, 0.25) is 0 Å². The lowest BCUT2D eigenvalue weighted by Crippen LogP contribution is -2.58. The largest absolute Gasteiger partial charge is 0.383 e.